The molecule has 0 atom stereocenters. The van der Waals surface area contributed by atoms with Crippen molar-refractivity contribution in [1.29, 1.82) is 0 Å². The molecule has 0 bridgehead atoms. The minimum atomic E-state index is -4.40. The summed E-state index contributed by atoms with van der Waals surface area (Å²) in [7, 11) is -4.40. The Labute approximate surface area is 211 Å². The van der Waals surface area contributed by atoms with Crippen molar-refractivity contribution in [3.63, 3.8) is 0 Å². The molecule has 0 radical (unpaired) electrons. The second-order valence-electron chi connectivity index (χ2n) is 8.34. The number of aromatic nitrogens is 2. The summed E-state index contributed by atoms with van der Waals surface area (Å²) >= 11 is 0. The smallest absolute Gasteiger partial charge is 0.265 e. The Kier molecular flexibility index (Phi) is 6.76. The van der Waals surface area contributed by atoms with Gasteiger partial charge >= 0.3 is 0 Å². The number of nitrogens with one attached hydrogen (secondary N) is 3. The summed E-state index contributed by atoms with van der Waals surface area (Å²) in [5, 5.41) is 3.71. The highest BCUT2D eigenvalue weighted by molar-refractivity contribution is 7.92. The number of ether oxygens (including phenoxy) is 1. The van der Waals surface area contributed by atoms with Crippen LogP contribution in [0.25, 0.3) is 10.8 Å². The Balaban J connectivity index is 1.49. The number of halogens is 2. The maximum Gasteiger partial charge on any atom is 0.265 e. The Bertz CT molecular complexity index is 1590. The molecule has 2 aromatic carbocycles. The van der Waals surface area contributed by atoms with E-state index in [1.807, 2.05) is 24.3 Å². The Morgan fingerprint density at radius 1 is 1.03 bits per heavy atom. The number of hydrogen-bond donors (Lipinski definition) is 3. The molecule has 4 aromatic rings. The van der Waals surface area contributed by atoms with E-state index in [0.29, 0.717) is 24.3 Å². The van der Waals surface area contributed by atoms with Crippen molar-refractivity contribution in [2.45, 2.75) is 11.3 Å². The van der Waals surface area contributed by atoms with Gasteiger partial charge in [-0.15, -0.1) is 0 Å². The van der Waals surface area contributed by atoms with Crippen LogP contribution in [-0.4, -0.2) is 44.7 Å². The maximum absolute atomic E-state index is 13.4. The van der Waals surface area contributed by atoms with E-state index < -0.39 is 32.5 Å². The number of hydrogen-bond acceptors (Lipinski definition) is 7. The third-order valence-electron chi connectivity index (χ3n) is 5.94. The predicted molar refractivity (Wildman–Crippen MR) is 137 cm³/mol. The number of aromatic amines is 1. The molecule has 1 saturated heterocycles. The average molecular weight is 528 g/mol. The fourth-order valence-electron chi connectivity index (χ4n) is 4.17. The molecule has 0 unspecified atom stereocenters. The molecule has 9 nitrogen and oxygen atoms in total. The number of benzene rings is 2. The number of anilines is 4. The first-order chi connectivity index (χ1) is 17.8. The van der Waals surface area contributed by atoms with Gasteiger partial charge in [0.1, 0.15) is 11.6 Å². The van der Waals surface area contributed by atoms with Gasteiger partial charge in [0.2, 0.25) is 0 Å². The van der Waals surface area contributed by atoms with Crippen molar-refractivity contribution in [3.05, 3.63) is 82.8 Å². The minimum Gasteiger partial charge on any atom is -0.378 e. The fourth-order valence-corrected chi connectivity index (χ4v) is 5.38. The first-order valence-electron chi connectivity index (χ1n) is 11.4. The van der Waals surface area contributed by atoms with E-state index in [1.165, 1.54) is 24.4 Å². The normalized spacial score (nSPS) is 14.2. The van der Waals surface area contributed by atoms with Crippen LogP contribution in [0, 0.1) is 0 Å². The molecule has 1 fully saturated rings. The second-order valence-corrected chi connectivity index (χ2v) is 9.99. The Morgan fingerprint density at radius 2 is 1.76 bits per heavy atom. The molecule has 37 heavy (non-hydrogen) atoms. The van der Waals surface area contributed by atoms with Gasteiger partial charge in [-0.3, -0.25) is 9.52 Å². The fraction of sp³-hybridized carbons (Fsp3) is 0.200. The van der Waals surface area contributed by atoms with Crippen LogP contribution < -0.4 is 20.5 Å². The second kappa shape index (κ2) is 10.1. The number of rotatable bonds is 7. The van der Waals surface area contributed by atoms with Crippen LogP contribution >= 0.6 is 0 Å². The van der Waals surface area contributed by atoms with Crippen molar-refractivity contribution < 1.29 is 21.9 Å². The monoisotopic (exact) mass is 527 g/mol. The highest BCUT2D eigenvalue weighted by atomic mass is 32.2. The molecule has 0 spiro atoms. The summed E-state index contributed by atoms with van der Waals surface area (Å²) in [6.45, 7) is 2.88. The van der Waals surface area contributed by atoms with E-state index in [2.05, 4.69) is 24.9 Å². The largest absolute Gasteiger partial charge is 0.378 e. The molecule has 1 aliphatic heterocycles. The number of pyridine rings is 2. The third-order valence-corrected chi connectivity index (χ3v) is 7.37. The highest BCUT2D eigenvalue weighted by Gasteiger charge is 2.24. The van der Waals surface area contributed by atoms with E-state index >= 15 is 0 Å². The van der Waals surface area contributed by atoms with Gasteiger partial charge in [0.15, 0.2) is 0 Å². The quantitative estimate of drug-likeness (QED) is 0.329. The molecule has 2 aromatic heterocycles. The lowest BCUT2D eigenvalue weighted by Gasteiger charge is -2.28. The van der Waals surface area contributed by atoms with Gasteiger partial charge in [0.25, 0.3) is 22.0 Å². The molecule has 12 heteroatoms. The van der Waals surface area contributed by atoms with Gasteiger partial charge in [0.05, 0.1) is 23.5 Å². The van der Waals surface area contributed by atoms with Crippen LogP contribution in [0.5, 0.6) is 0 Å². The lowest BCUT2D eigenvalue weighted by molar-refractivity contribution is 0.122. The Morgan fingerprint density at radius 3 is 2.49 bits per heavy atom. The summed E-state index contributed by atoms with van der Waals surface area (Å²) in [6, 6.07) is 15.3. The van der Waals surface area contributed by atoms with Crippen molar-refractivity contribution in [3.8, 4) is 0 Å². The van der Waals surface area contributed by atoms with Crippen molar-refractivity contribution >= 4 is 43.8 Å². The summed E-state index contributed by atoms with van der Waals surface area (Å²) < 4.78 is 60.5. The van der Waals surface area contributed by atoms with Crippen molar-refractivity contribution in [2.24, 2.45) is 0 Å². The molecule has 192 valence electrons. The van der Waals surface area contributed by atoms with Gasteiger partial charge in [-0.05, 0) is 47.9 Å². The highest BCUT2D eigenvalue weighted by Crippen LogP contribution is 2.30. The summed E-state index contributed by atoms with van der Waals surface area (Å²) in [5.74, 6) is -0.0204. The molecule has 3 N–H and O–H groups in total. The third kappa shape index (κ3) is 5.25. The number of nitrogens with zero attached hydrogens (tertiary/aromatic N) is 2. The predicted octanol–water partition coefficient (Wildman–Crippen LogP) is 4.24. The number of morpholine rings is 1. The first kappa shape index (κ1) is 24.7. The molecule has 0 saturated carbocycles. The van der Waals surface area contributed by atoms with E-state index in [0.717, 1.165) is 30.9 Å². The summed E-state index contributed by atoms with van der Waals surface area (Å²) in [5.41, 5.74) is 0.599. The van der Waals surface area contributed by atoms with E-state index in [-0.39, 0.29) is 17.0 Å². The minimum absolute atomic E-state index is 0.110. The van der Waals surface area contributed by atoms with Crippen LogP contribution in [0.2, 0.25) is 0 Å². The van der Waals surface area contributed by atoms with Crippen molar-refractivity contribution in [2.75, 3.05) is 41.2 Å². The van der Waals surface area contributed by atoms with E-state index in [4.69, 9.17) is 4.74 Å². The van der Waals surface area contributed by atoms with Crippen molar-refractivity contribution in [1.82, 2.24) is 9.97 Å². The molecule has 3 heterocycles. The number of sulfonamides is 1. The Hall–Kier alpha value is -4.03. The summed E-state index contributed by atoms with van der Waals surface area (Å²) in [6.07, 6.45) is -1.55. The van der Waals surface area contributed by atoms with Crippen LogP contribution in [0.3, 0.4) is 0 Å². The van der Waals surface area contributed by atoms with E-state index in [1.54, 1.807) is 6.07 Å². The molecule has 0 aliphatic carbocycles. The van der Waals surface area contributed by atoms with Crippen LogP contribution in [0.1, 0.15) is 12.0 Å². The van der Waals surface area contributed by atoms with Gasteiger partial charge in [-0.25, -0.2) is 22.2 Å². The average Bonchev–Trinajstić information content (AvgIpc) is 2.89. The molecule has 1 aliphatic rings. The lowest BCUT2D eigenvalue weighted by atomic mass is 10.2. The van der Waals surface area contributed by atoms with Gasteiger partial charge in [-0.1, -0.05) is 18.2 Å². The lowest BCUT2D eigenvalue weighted by Crippen LogP contribution is -2.36. The van der Waals surface area contributed by atoms with E-state index in [9.17, 15) is 22.0 Å². The zero-order chi connectivity index (χ0) is 26.0. The molecule has 5 rings (SSSR count). The van der Waals surface area contributed by atoms with Gasteiger partial charge < -0.3 is 19.9 Å². The SMILES string of the molecule is O=c1[nH]ccc2cc(NS(=O)(=O)c3ccccc3C(F)F)nc(Nc3ccc(N4CCOCC4)cc3)c12. The maximum atomic E-state index is 13.4. The summed E-state index contributed by atoms with van der Waals surface area (Å²) in [4.78, 5) is 21.2. The van der Waals surface area contributed by atoms with Crippen LogP contribution in [0.15, 0.2) is 76.6 Å². The standard InChI is InChI=1S/C25H23F2N5O4S/c26-23(27)19-3-1-2-4-20(19)37(34,35)31-21-15-16-9-10-28-25(33)22(16)24(30-21)29-17-5-7-18(8-6-17)32-11-13-36-14-12-32/h1-10,15,23H,11-14H2,(H,28,33)(H2,29,30,31). The first-order valence-corrected chi connectivity index (χ1v) is 12.9. The van der Waals surface area contributed by atoms with Gasteiger partial charge in [0, 0.05) is 36.2 Å². The molecular weight excluding hydrogens is 504 g/mol. The van der Waals surface area contributed by atoms with Crippen LogP contribution in [-0.2, 0) is 14.8 Å². The molecular formula is C25H23F2N5O4S. The molecule has 0 amide bonds. The topological polar surface area (TPSA) is 116 Å². The zero-order valence-electron chi connectivity index (χ0n) is 19.4. The zero-order valence-corrected chi connectivity index (χ0v) is 20.3. The number of fused-ring (bicyclic) bond motifs is 1. The number of H-pyrrole nitrogens is 1. The number of alkyl halides is 2. The van der Waals surface area contributed by atoms with Crippen LogP contribution in [0.4, 0.5) is 31.8 Å². The van der Waals surface area contributed by atoms with Gasteiger partial charge in [-0.2, -0.15) is 0 Å².